The van der Waals surface area contributed by atoms with Crippen LogP contribution in [0.2, 0.25) is 0 Å². The van der Waals surface area contributed by atoms with E-state index in [1.165, 1.54) is 6.20 Å². The molecule has 1 amide bonds. The smallest absolute Gasteiger partial charge is 0.352 e. The lowest BCUT2D eigenvalue weighted by atomic mass is 10.1. The molecule has 0 aliphatic carbocycles. The summed E-state index contributed by atoms with van der Waals surface area (Å²) in [6.45, 7) is 10.2. The summed E-state index contributed by atoms with van der Waals surface area (Å²) in [7, 11) is 0. The number of aryl methyl sites for hydroxylation is 1. The number of likely N-dealkylation sites (N-methyl/N-ethyl adjacent to an activating group) is 1. The number of benzene rings is 1. The number of guanidine groups is 1. The molecule has 7 nitrogen and oxygen atoms in total. The number of carbonyl (C=O) groups excluding carboxylic acids is 1. The van der Waals surface area contributed by atoms with Gasteiger partial charge in [0.25, 0.3) is 5.91 Å². The minimum Gasteiger partial charge on any atom is -0.352 e. The molecule has 0 fully saturated rings. The fourth-order valence-electron chi connectivity index (χ4n) is 2.98. The van der Waals surface area contributed by atoms with Crippen molar-refractivity contribution >= 4 is 18.6 Å². The highest BCUT2D eigenvalue weighted by Gasteiger charge is 2.30. The Kier molecular flexibility index (Phi) is 8.84. The molecule has 0 radical (unpaired) electrons. The first-order chi connectivity index (χ1) is 15.6. The van der Waals surface area contributed by atoms with E-state index in [4.69, 9.17) is 0 Å². The quantitative estimate of drug-likeness (QED) is 0.490. The van der Waals surface area contributed by atoms with Gasteiger partial charge in [-0.25, -0.2) is 20.0 Å². The number of carbonyl (C=O) groups is 1. The molecule has 176 valence electrons. The van der Waals surface area contributed by atoms with Crippen LogP contribution in [-0.2, 0) is 0 Å². The lowest BCUT2D eigenvalue weighted by Crippen LogP contribution is -2.45. The molecular formula is C23H27F3N6O. The van der Waals surface area contributed by atoms with Crippen LogP contribution in [0.1, 0.15) is 37.0 Å². The first-order valence-electron chi connectivity index (χ1n) is 10.3. The maximum Gasteiger partial charge on any atom is 0.413 e. The average Bonchev–Trinajstić information content (AvgIpc) is 2.79. The van der Waals surface area contributed by atoms with Crippen molar-refractivity contribution in [3.8, 4) is 11.3 Å². The highest BCUT2D eigenvalue weighted by atomic mass is 19.4. The van der Waals surface area contributed by atoms with E-state index in [0.29, 0.717) is 29.8 Å². The van der Waals surface area contributed by atoms with Gasteiger partial charge in [0.05, 0.1) is 11.3 Å². The van der Waals surface area contributed by atoms with Gasteiger partial charge in [-0.05, 0) is 34.4 Å². The Morgan fingerprint density at radius 3 is 2.55 bits per heavy atom. The lowest BCUT2D eigenvalue weighted by Gasteiger charge is -2.29. The molecule has 2 aromatic rings. The molecule has 0 saturated heterocycles. The molecule has 0 bridgehead atoms. The van der Waals surface area contributed by atoms with Gasteiger partial charge >= 0.3 is 6.18 Å². The van der Waals surface area contributed by atoms with Crippen molar-refractivity contribution in [1.29, 1.82) is 0 Å². The third kappa shape index (κ3) is 6.96. The number of hydrogen-bond acceptors (Lipinski definition) is 4. The van der Waals surface area contributed by atoms with E-state index in [9.17, 15) is 18.0 Å². The minimum absolute atomic E-state index is 0.0717. The van der Waals surface area contributed by atoms with E-state index in [2.05, 4.69) is 32.0 Å². The third-order valence-corrected chi connectivity index (χ3v) is 4.85. The van der Waals surface area contributed by atoms with Crippen LogP contribution in [0.15, 0.2) is 58.3 Å². The molecule has 1 atom stereocenters. The topological polar surface area (TPSA) is 82.8 Å². The molecule has 10 heteroatoms. The van der Waals surface area contributed by atoms with Crippen molar-refractivity contribution in [2.45, 2.75) is 39.9 Å². The second kappa shape index (κ2) is 11.3. The van der Waals surface area contributed by atoms with Gasteiger partial charge in [-0.2, -0.15) is 13.2 Å². The van der Waals surface area contributed by atoms with Gasteiger partial charge in [-0.15, -0.1) is 0 Å². The number of nitrogens with zero attached hydrogens (tertiary/aromatic N) is 5. The fourth-order valence-corrected chi connectivity index (χ4v) is 2.98. The van der Waals surface area contributed by atoms with Crippen LogP contribution in [0.5, 0.6) is 0 Å². The largest absolute Gasteiger partial charge is 0.413 e. The molecular weight excluding hydrogens is 433 g/mol. The van der Waals surface area contributed by atoms with Crippen molar-refractivity contribution in [2.75, 3.05) is 13.1 Å². The Labute approximate surface area is 191 Å². The summed E-state index contributed by atoms with van der Waals surface area (Å²) in [6.07, 6.45) is -2.28. The summed E-state index contributed by atoms with van der Waals surface area (Å²) in [6, 6.07) is 9.01. The summed E-state index contributed by atoms with van der Waals surface area (Å²) in [5, 5.41) is 2.84. The first kappa shape index (κ1) is 25.7. The molecule has 1 heterocycles. The summed E-state index contributed by atoms with van der Waals surface area (Å²) >= 11 is 0. The van der Waals surface area contributed by atoms with Crippen LogP contribution >= 0.6 is 0 Å². The van der Waals surface area contributed by atoms with E-state index in [1.807, 2.05) is 44.2 Å². The van der Waals surface area contributed by atoms with E-state index in [-0.39, 0.29) is 24.5 Å². The minimum atomic E-state index is -4.47. The van der Waals surface area contributed by atoms with Gasteiger partial charge in [0.2, 0.25) is 5.96 Å². The van der Waals surface area contributed by atoms with E-state index in [0.717, 1.165) is 12.5 Å². The van der Waals surface area contributed by atoms with Gasteiger partial charge < -0.3 is 10.2 Å². The predicted molar refractivity (Wildman–Crippen MR) is 123 cm³/mol. The predicted octanol–water partition coefficient (Wildman–Crippen LogP) is 4.41. The number of amides is 1. The lowest BCUT2D eigenvalue weighted by molar-refractivity contribution is -0.0914. The number of alkyl halides is 3. The van der Waals surface area contributed by atoms with E-state index < -0.39 is 11.7 Å². The highest BCUT2D eigenvalue weighted by molar-refractivity contribution is 5.99. The van der Waals surface area contributed by atoms with Crippen LogP contribution in [0.25, 0.3) is 11.3 Å². The van der Waals surface area contributed by atoms with Crippen molar-refractivity contribution in [3.05, 3.63) is 59.7 Å². The summed E-state index contributed by atoms with van der Waals surface area (Å²) < 4.78 is 37.9. The number of nitrogens with one attached hydrogen (secondary N) is 1. The summed E-state index contributed by atoms with van der Waals surface area (Å²) in [5.41, 5.74) is 0.830. The number of allylic oxidation sites excluding steroid dienone is 1. The van der Waals surface area contributed by atoms with E-state index in [1.54, 1.807) is 11.8 Å². The molecule has 0 aliphatic heterocycles. The van der Waals surface area contributed by atoms with Gasteiger partial charge in [0, 0.05) is 42.7 Å². The molecule has 0 aliphatic rings. The number of rotatable bonds is 7. The number of aliphatic imine (C=N–C) groups is 2. The van der Waals surface area contributed by atoms with Gasteiger partial charge in [-0.3, -0.25) is 4.79 Å². The van der Waals surface area contributed by atoms with Crippen molar-refractivity contribution < 1.29 is 18.0 Å². The fraction of sp³-hybridized carbons (Fsp3) is 0.348. The number of halogens is 3. The van der Waals surface area contributed by atoms with Crippen LogP contribution in [0, 0.1) is 6.92 Å². The van der Waals surface area contributed by atoms with Crippen molar-refractivity contribution in [1.82, 2.24) is 20.2 Å². The second-order valence-electron chi connectivity index (χ2n) is 7.29. The maximum atomic E-state index is 13.4. The van der Waals surface area contributed by atoms with Gasteiger partial charge in [-0.1, -0.05) is 30.3 Å². The van der Waals surface area contributed by atoms with Crippen LogP contribution < -0.4 is 5.32 Å². The molecule has 1 aromatic heterocycles. The molecule has 2 rings (SSSR count). The summed E-state index contributed by atoms with van der Waals surface area (Å²) in [4.78, 5) is 31.0. The Morgan fingerprint density at radius 2 is 1.97 bits per heavy atom. The van der Waals surface area contributed by atoms with E-state index >= 15 is 0 Å². The normalized spacial score (nSPS) is 13.4. The van der Waals surface area contributed by atoms with Crippen LogP contribution in [-0.4, -0.2) is 58.8 Å². The Hall–Kier alpha value is -3.56. The average molecular weight is 461 g/mol. The number of hydrogen-bond donors (Lipinski definition) is 1. The molecule has 0 saturated carbocycles. The summed E-state index contributed by atoms with van der Waals surface area (Å²) in [5.74, 6) is 0.212. The third-order valence-electron chi connectivity index (χ3n) is 4.85. The zero-order chi connectivity index (χ0) is 24.6. The molecule has 1 N–H and O–H groups in total. The SMILES string of the molecule is C=N/C(=N\C=C(/C)C(F)(F)F)NC[C@H](C)N(CC)C(=O)c1cnc(C)nc1-c1ccccc1. The van der Waals surface area contributed by atoms with Gasteiger partial charge in [0.1, 0.15) is 5.82 Å². The zero-order valence-corrected chi connectivity index (χ0v) is 19.0. The highest BCUT2D eigenvalue weighted by Crippen LogP contribution is 2.25. The van der Waals surface area contributed by atoms with Gasteiger partial charge in [0.15, 0.2) is 0 Å². The van der Waals surface area contributed by atoms with Crippen molar-refractivity contribution in [2.24, 2.45) is 9.98 Å². The Bertz CT molecular complexity index is 1030. The number of aromatic nitrogens is 2. The second-order valence-corrected chi connectivity index (χ2v) is 7.29. The molecule has 1 aromatic carbocycles. The molecule has 0 spiro atoms. The Balaban J connectivity index is 2.22. The molecule has 33 heavy (non-hydrogen) atoms. The maximum absolute atomic E-state index is 13.4. The van der Waals surface area contributed by atoms with Crippen molar-refractivity contribution in [3.63, 3.8) is 0 Å². The van der Waals surface area contributed by atoms with Crippen LogP contribution in [0.3, 0.4) is 0 Å². The monoisotopic (exact) mass is 460 g/mol. The Morgan fingerprint density at radius 1 is 1.30 bits per heavy atom. The molecule has 0 unspecified atom stereocenters. The zero-order valence-electron chi connectivity index (χ0n) is 19.0. The van der Waals surface area contributed by atoms with Crippen LogP contribution in [0.4, 0.5) is 13.2 Å². The first-order valence-corrected chi connectivity index (χ1v) is 10.3. The standard InChI is InChI=1S/C23H27F3N6O/c1-6-32(16(3)13-30-22(27-5)29-12-15(2)23(24,25)26)21(33)19-14-28-17(4)31-20(19)18-10-8-7-9-11-18/h7-12,14,16H,5-6,13H2,1-4H3,(H,29,30)/b15-12+/t16-/m0/s1.